The number of carbonyl (C=O) groups is 4. The quantitative estimate of drug-likeness (QED) is 0.165. The molecule has 46 heavy (non-hydrogen) atoms. The van der Waals surface area contributed by atoms with Gasteiger partial charge in [-0.3, -0.25) is 19.2 Å². The van der Waals surface area contributed by atoms with Crippen molar-refractivity contribution >= 4 is 40.9 Å². The summed E-state index contributed by atoms with van der Waals surface area (Å²) in [7, 11) is 2.99. The van der Waals surface area contributed by atoms with Gasteiger partial charge in [0.15, 0.2) is 23.1 Å². The van der Waals surface area contributed by atoms with Gasteiger partial charge in [0.1, 0.15) is 17.2 Å². The summed E-state index contributed by atoms with van der Waals surface area (Å²) < 4.78 is 16.1. The summed E-state index contributed by atoms with van der Waals surface area (Å²) in [6.07, 6.45) is 3.88. The molecule has 9 nitrogen and oxygen atoms in total. The van der Waals surface area contributed by atoms with Gasteiger partial charge < -0.3 is 24.4 Å². The van der Waals surface area contributed by atoms with Gasteiger partial charge in [0, 0.05) is 29.4 Å². The van der Waals surface area contributed by atoms with Crippen LogP contribution in [-0.4, -0.2) is 49.7 Å². The topological polar surface area (TPSA) is 111 Å². The van der Waals surface area contributed by atoms with Gasteiger partial charge >= 0.3 is 5.97 Å². The number of rotatable bonds is 7. The molecule has 3 aliphatic heterocycles. The number of benzene rings is 4. The highest BCUT2D eigenvalue weighted by Crippen LogP contribution is 2.58. The van der Waals surface area contributed by atoms with E-state index >= 15 is 4.79 Å². The molecule has 0 aromatic heterocycles. The van der Waals surface area contributed by atoms with Crippen LogP contribution in [0.15, 0.2) is 97.1 Å². The van der Waals surface area contributed by atoms with Crippen LogP contribution in [0.1, 0.15) is 38.8 Å². The minimum Gasteiger partial charge on any atom is -0.493 e. The standard InChI is InChI=1S/C37H30N2O7/c1-21(40)46-25-16-12-23(13-17-25)35(42)33-32(34(41)24-14-18-29(44-2)30(20-24)45-3)37(26-9-5-6-10-27(26)38-36(37)43)31-19-15-22-8-4-7-11-28(22)39(31)33/h4-20,31-33H,1-3H3,(H,38,43). The lowest BCUT2D eigenvalue weighted by Crippen LogP contribution is -2.51. The zero-order valence-corrected chi connectivity index (χ0v) is 25.4. The van der Waals surface area contributed by atoms with E-state index in [0.717, 1.165) is 11.3 Å². The Kier molecular flexibility index (Phi) is 6.96. The molecule has 1 amide bonds. The van der Waals surface area contributed by atoms with Gasteiger partial charge in [-0.25, -0.2) is 0 Å². The maximum atomic E-state index is 15.1. The van der Waals surface area contributed by atoms with Gasteiger partial charge in [0.2, 0.25) is 5.91 Å². The van der Waals surface area contributed by atoms with Crippen molar-refractivity contribution in [1.82, 2.24) is 0 Å². The maximum Gasteiger partial charge on any atom is 0.308 e. The normalized spacial score (nSPS) is 22.0. The first kappa shape index (κ1) is 29.0. The number of Topliss-reactive ketones (excluding diaryl/α,β-unsaturated/α-hetero) is 2. The molecule has 4 aromatic rings. The molecule has 4 aromatic carbocycles. The van der Waals surface area contributed by atoms with Crippen molar-refractivity contribution in [3.8, 4) is 17.2 Å². The monoisotopic (exact) mass is 614 g/mol. The van der Waals surface area contributed by atoms with Crippen molar-refractivity contribution in [3.63, 3.8) is 0 Å². The van der Waals surface area contributed by atoms with Crippen LogP contribution in [-0.2, 0) is 15.0 Å². The van der Waals surface area contributed by atoms with Crippen LogP contribution < -0.4 is 24.4 Å². The second kappa shape index (κ2) is 11.0. The van der Waals surface area contributed by atoms with E-state index in [0.29, 0.717) is 28.3 Å². The number of esters is 1. The van der Waals surface area contributed by atoms with E-state index in [1.54, 1.807) is 42.5 Å². The smallest absolute Gasteiger partial charge is 0.308 e. The first-order chi connectivity index (χ1) is 22.3. The highest BCUT2D eigenvalue weighted by Gasteiger charge is 2.70. The average Bonchev–Trinajstić information content (AvgIpc) is 3.55. The lowest BCUT2D eigenvalue weighted by molar-refractivity contribution is -0.131. The highest BCUT2D eigenvalue weighted by molar-refractivity contribution is 6.18. The van der Waals surface area contributed by atoms with Gasteiger partial charge in [0.05, 0.1) is 26.2 Å². The van der Waals surface area contributed by atoms with Crippen molar-refractivity contribution < 1.29 is 33.4 Å². The summed E-state index contributed by atoms with van der Waals surface area (Å²) in [6, 6.07) is 24.3. The molecule has 7 rings (SSSR count). The number of amides is 1. The summed E-state index contributed by atoms with van der Waals surface area (Å²) in [6.45, 7) is 1.30. The first-order valence-corrected chi connectivity index (χ1v) is 14.8. The number of anilines is 2. The van der Waals surface area contributed by atoms with Gasteiger partial charge in [-0.05, 0) is 65.7 Å². The molecule has 1 fully saturated rings. The predicted molar refractivity (Wildman–Crippen MR) is 172 cm³/mol. The SMILES string of the molecule is COc1ccc(C(=O)C2C(C(=O)c3ccc(OC(C)=O)cc3)N3c4ccccc4C=CC3C23C(=O)Nc2ccccc23)cc1OC. The predicted octanol–water partition coefficient (Wildman–Crippen LogP) is 5.49. The molecule has 3 aliphatic rings. The molecule has 4 unspecified atom stereocenters. The minimum atomic E-state index is -1.46. The Labute approximate surface area is 265 Å². The van der Waals surface area contributed by atoms with Crippen molar-refractivity contribution in [2.75, 3.05) is 24.4 Å². The molecule has 0 saturated carbocycles. The molecular weight excluding hydrogens is 584 g/mol. The Hall–Kier alpha value is -5.70. The number of carbonyl (C=O) groups excluding carboxylic acids is 4. The largest absolute Gasteiger partial charge is 0.493 e. The van der Waals surface area contributed by atoms with Crippen molar-refractivity contribution in [1.29, 1.82) is 0 Å². The van der Waals surface area contributed by atoms with Crippen LogP contribution in [0.5, 0.6) is 17.2 Å². The van der Waals surface area contributed by atoms with Gasteiger partial charge in [0.25, 0.3) is 0 Å². The molecule has 0 bridgehead atoms. The summed E-state index contributed by atoms with van der Waals surface area (Å²) in [5.41, 5.74) is 1.98. The number of ketones is 2. The van der Waals surface area contributed by atoms with Crippen molar-refractivity contribution in [2.45, 2.75) is 24.4 Å². The zero-order valence-electron chi connectivity index (χ0n) is 25.4. The molecular formula is C37H30N2O7. The molecule has 0 aliphatic carbocycles. The number of fused-ring (bicyclic) bond motifs is 6. The van der Waals surface area contributed by atoms with Crippen molar-refractivity contribution in [3.05, 3.63) is 119 Å². The second-order valence-electron chi connectivity index (χ2n) is 11.5. The van der Waals surface area contributed by atoms with Crippen molar-refractivity contribution in [2.24, 2.45) is 5.92 Å². The fourth-order valence-electron chi connectivity index (χ4n) is 7.31. The maximum absolute atomic E-state index is 15.1. The van der Waals surface area contributed by atoms with Gasteiger partial charge in [-0.2, -0.15) is 0 Å². The third-order valence-corrected chi connectivity index (χ3v) is 9.16. The molecule has 1 saturated heterocycles. The van der Waals surface area contributed by atoms with E-state index in [1.165, 1.54) is 21.1 Å². The number of hydrogen-bond donors (Lipinski definition) is 1. The Morgan fingerprint density at radius 1 is 0.804 bits per heavy atom. The number of hydrogen-bond acceptors (Lipinski definition) is 8. The van der Waals surface area contributed by atoms with Crippen LogP contribution >= 0.6 is 0 Å². The summed E-state index contributed by atoms with van der Waals surface area (Å²) in [5.74, 6) is -1.65. The van der Waals surface area contributed by atoms with E-state index in [-0.39, 0.29) is 28.8 Å². The van der Waals surface area contributed by atoms with E-state index in [9.17, 15) is 14.4 Å². The number of methoxy groups -OCH3 is 2. The Bertz CT molecular complexity index is 1950. The summed E-state index contributed by atoms with van der Waals surface area (Å²) in [4.78, 5) is 57.9. The minimum absolute atomic E-state index is 0.277. The molecule has 3 heterocycles. The number of nitrogens with one attached hydrogen (secondary N) is 1. The Morgan fingerprint density at radius 3 is 2.24 bits per heavy atom. The average molecular weight is 615 g/mol. The van der Waals surface area contributed by atoms with Crippen LogP contribution in [0.2, 0.25) is 0 Å². The number of para-hydroxylation sites is 2. The molecule has 0 radical (unpaired) electrons. The van der Waals surface area contributed by atoms with Crippen LogP contribution in [0.3, 0.4) is 0 Å². The fourth-order valence-corrected chi connectivity index (χ4v) is 7.31. The Morgan fingerprint density at radius 2 is 1.50 bits per heavy atom. The van der Waals surface area contributed by atoms with Crippen LogP contribution in [0, 0.1) is 5.92 Å². The first-order valence-electron chi connectivity index (χ1n) is 14.8. The van der Waals surface area contributed by atoms with Gasteiger partial charge in [-0.1, -0.05) is 48.6 Å². The number of ether oxygens (including phenoxy) is 3. The summed E-state index contributed by atoms with van der Waals surface area (Å²) >= 11 is 0. The summed E-state index contributed by atoms with van der Waals surface area (Å²) in [5, 5.41) is 3.03. The third kappa shape index (κ3) is 4.23. The van der Waals surface area contributed by atoms with E-state index in [2.05, 4.69) is 5.32 Å². The fraction of sp³-hybridized carbons (Fsp3) is 0.189. The molecule has 230 valence electrons. The number of nitrogens with zero attached hydrogens (tertiary/aromatic N) is 1. The Balaban J connectivity index is 1.48. The lowest BCUT2D eigenvalue weighted by atomic mass is 9.64. The molecule has 1 spiro atoms. The van der Waals surface area contributed by atoms with E-state index < -0.39 is 29.4 Å². The van der Waals surface area contributed by atoms with Crippen LogP contribution in [0.4, 0.5) is 11.4 Å². The highest BCUT2D eigenvalue weighted by atomic mass is 16.5. The molecule has 1 N–H and O–H groups in total. The molecule has 4 atom stereocenters. The molecule has 9 heteroatoms. The van der Waals surface area contributed by atoms with E-state index in [4.69, 9.17) is 14.2 Å². The second-order valence-corrected chi connectivity index (χ2v) is 11.5. The van der Waals surface area contributed by atoms with Gasteiger partial charge in [-0.15, -0.1) is 0 Å². The lowest BCUT2D eigenvalue weighted by Gasteiger charge is -2.37. The van der Waals surface area contributed by atoms with Crippen LogP contribution in [0.25, 0.3) is 6.08 Å². The van der Waals surface area contributed by atoms with E-state index in [1.807, 2.05) is 65.6 Å². The zero-order chi connectivity index (χ0) is 32.2. The third-order valence-electron chi connectivity index (χ3n) is 9.16.